The SMILES string of the molecule is CC[C@H](C)[C@H](N)C(=O)N1C[C@H](F)C[C@H]1C#N. The van der Waals surface area contributed by atoms with E-state index in [9.17, 15) is 9.18 Å². The fourth-order valence-corrected chi connectivity index (χ4v) is 1.84. The molecule has 90 valence electrons. The Balaban J connectivity index is 2.70. The summed E-state index contributed by atoms with van der Waals surface area (Å²) in [6.45, 7) is 3.83. The molecule has 1 aliphatic rings. The van der Waals surface area contributed by atoms with Crippen LogP contribution in [0.1, 0.15) is 26.7 Å². The van der Waals surface area contributed by atoms with Gasteiger partial charge < -0.3 is 10.6 Å². The predicted octanol–water partition coefficient (Wildman–Crippen LogP) is 0.822. The first-order valence-electron chi connectivity index (χ1n) is 5.61. The maximum absolute atomic E-state index is 13.1. The number of nitrogens with zero attached hydrogens (tertiary/aromatic N) is 2. The molecule has 1 saturated heterocycles. The molecule has 0 bridgehead atoms. The first kappa shape index (κ1) is 12.9. The number of nitrogens with two attached hydrogens (primary N) is 1. The number of alkyl halides is 1. The number of nitriles is 1. The molecule has 1 heterocycles. The molecule has 16 heavy (non-hydrogen) atoms. The van der Waals surface area contributed by atoms with E-state index in [-0.39, 0.29) is 24.8 Å². The Morgan fingerprint density at radius 3 is 2.88 bits per heavy atom. The van der Waals surface area contributed by atoms with Gasteiger partial charge in [0, 0.05) is 6.42 Å². The fraction of sp³-hybridized carbons (Fsp3) is 0.818. The molecule has 0 spiro atoms. The zero-order valence-electron chi connectivity index (χ0n) is 9.69. The lowest BCUT2D eigenvalue weighted by molar-refractivity contribution is -0.133. The van der Waals surface area contributed by atoms with Crippen LogP contribution in [0, 0.1) is 17.2 Å². The van der Waals surface area contributed by atoms with Gasteiger partial charge in [-0.2, -0.15) is 5.26 Å². The van der Waals surface area contributed by atoms with Crippen LogP contribution in [0.3, 0.4) is 0 Å². The van der Waals surface area contributed by atoms with Crippen molar-refractivity contribution in [2.45, 2.75) is 44.9 Å². The summed E-state index contributed by atoms with van der Waals surface area (Å²) in [4.78, 5) is 13.2. The largest absolute Gasteiger partial charge is 0.322 e. The van der Waals surface area contributed by atoms with Gasteiger partial charge in [-0.05, 0) is 5.92 Å². The van der Waals surface area contributed by atoms with Crippen molar-refractivity contribution in [1.82, 2.24) is 4.90 Å². The van der Waals surface area contributed by atoms with Crippen LogP contribution in [-0.2, 0) is 4.79 Å². The van der Waals surface area contributed by atoms with Crippen LogP contribution in [0.5, 0.6) is 0 Å². The van der Waals surface area contributed by atoms with E-state index in [0.717, 1.165) is 6.42 Å². The molecular formula is C11H18FN3O. The highest BCUT2D eigenvalue weighted by molar-refractivity contribution is 5.83. The third kappa shape index (κ3) is 2.50. The second kappa shape index (κ2) is 5.26. The number of halogens is 1. The zero-order valence-corrected chi connectivity index (χ0v) is 9.69. The summed E-state index contributed by atoms with van der Waals surface area (Å²) >= 11 is 0. The monoisotopic (exact) mass is 227 g/mol. The van der Waals surface area contributed by atoms with E-state index in [1.165, 1.54) is 4.90 Å². The van der Waals surface area contributed by atoms with Crippen molar-refractivity contribution < 1.29 is 9.18 Å². The molecule has 1 aliphatic heterocycles. The second-order valence-electron chi connectivity index (χ2n) is 4.38. The van der Waals surface area contributed by atoms with Gasteiger partial charge in [-0.3, -0.25) is 4.79 Å². The number of amides is 1. The number of hydrogen-bond acceptors (Lipinski definition) is 3. The summed E-state index contributed by atoms with van der Waals surface area (Å²) in [5, 5.41) is 8.83. The molecule has 4 atom stereocenters. The topological polar surface area (TPSA) is 70.1 Å². The van der Waals surface area contributed by atoms with Crippen LogP contribution in [0.4, 0.5) is 4.39 Å². The van der Waals surface area contributed by atoms with E-state index in [4.69, 9.17) is 11.0 Å². The number of rotatable bonds is 3. The normalized spacial score (nSPS) is 28.6. The molecule has 1 fully saturated rings. The molecular weight excluding hydrogens is 209 g/mol. The van der Waals surface area contributed by atoms with Crippen molar-refractivity contribution in [3.63, 3.8) is 0 Å². The van der Waals surface area contributed by atoms with Gasteiger partial charge >= 0.3 is 0 Å². The lowest BCUT2D eigenvalue weighted by Crippen LogP contribution is -2.48. The van der Waals surface area contributed by atoms with Crippen LogP contribution in [-0.4, -0.2) is 35.6 Å². The van der Waals surface area contributed by atoms with Crippen molar-refractivity contribution >= 4 is 5.91 Å². The Morgan fingerprint density at radius 1 is 1.75 bits per heavy atom. The summed E-state index contributed by atoms with van der Waals surface area (Å²) in [5.74, 6) is -0.258. The molecule has 0 aromatic carbocycles. The van der Waals surface area contributed by atoms with Gasteiger partial charge in [-0.1, -0.05) is 20.3 Å². The van der Waals surface area contributed by atoms with Crippen molar-refractivity contribution in [2.24, 2.45) is 11.7 Å². The molecule has 0 radical (unpaired) electrons. The number of likely N-dealkylation sites (tertiary alicyclic amines) is 1. The van der Waals surface area contributed by atoms with Gasteiger partial charge in [-0.15, -0.1) is 0 Å². The molecule has 2 N–H and O–H groups in total. The van der Waals surface area contributed by atoms with Gasteiger partial charge in [-0.25, -0.2) is 4.39 Å². The van der Waals surface area contributed by atoms with Crippen LogP contribution < -0.4 is 5.73 Å². The summed E-state index contributed by atoms with van der Waals surface area (Å²) in [6.07, 6.45) is -0.204. The first-order chi connectivity index (χ1) is 7.51. The molecule has 1 rings (SSSR count). The quantitative estimate of drug-likeness (QED) is 0.776. The Bertz CT molecular complexity index is 302. The summed E-state index contributed by atoms with van der Waals surface area (Å²) < 4.78 is 13.1. The van der Waals surface area contributed by atoms with Gasteiger partial charge in [0.05, 0.1) is 18.7 Å². The minimum atomic E-state index is -1.10. The lowest BCUT2D eigenvalue weighted by atomic mass is 9.99. The minimum absolute atomic E-state index is 0.00118. The van der Waals surface area contributed by atoms with E-state index in [1.54, 1.807) is 0 Å². The van der Waals surface area contributed by atoms with Gasteiger partial charge in [0.15, 0.2) is 0 Å². The molecule has 4 nitrogen and oxygen atoms in total. The van der Waals surface area contributed by atoms with E-state index >= 15 is 0 Å². The molecule has 5 heteroatoms. The van der Waals surface area contributed by atoms with Crippen molar-refractivity contribution in [3.05, 3.63) is 0 Å². The fourth-order valence-electron chi connectivity index (χ4n) is 1.84. The average molecular weight is 227 g/mol. The third-order valence-electron chi connectivity index (χ3n) is 3.22. The van der Waals surface area contributed by atoms with E-state index in [1.807, 2.05) is 19.9 Å². The lowest BCUT2D eigenvalue weighted by Gasteiger charge is -2.25. The minimum Gasteiger partial charge on any atom is -0.322 e. The Morgan fingerprint density at radius 2 is 2.38 bits per heavy atom. The van der Waals surface area contributed by atoms with Gasteiger partial charge in [0.25, 0.3) is 0 Å². The van der Waals surface area contributed by atoms with Crippen molar-refractivity contribution in [2.75, 3.05) is 6.54 Å². The Kier molecular flexibility index (Phi) is 4.25. The van der Waals surface area contributed by atoms with Crippen LogP contribution in [0.2, 0.25) is 0 Å². The van der Waals surface area contributed by atoms with Gasteiger partial charge in [0.2, 0.25) is 5.91 Å². The standard InChI is InChI=1S/C11H18FN3O/c1-3-7(2)10(14)11(16)15-6-8(12)4-9(15)5-13/h7-10H,3-4,6,14H2,1-2H3/t7-,8+,9-,10-/m0/s1. The van der Waals surface area contributed by atoms with Crippen LogP contribution >= 0.6 is 0 Å². The summed E-state index contributed by atoms with van der Waals surface area (Å²) in [6, 6.07) is 0.658. The Labute approximate surface area is 95.2 Å². The summed E-state index contributed by atoms with van der Waals surface area (Å²) in [7, 11) is 0. The molecule has 0 saturated carbocycles. The van der Waals surface area contributed by atoms with E-state index in [0.29, 0.717) is 0 Å². The van der Waals surface area contributed by atoms with Crippen molar-refractivity contribution in [3.8, 4) is 6.07 Å². The number of carbonyl (C=O) groups is 1. The zero-order chi connectivity index (χ0) is 12.3. The average Bonchev–Trinajstić information content (AvgIpc) is 2.67. The smallest absolute Gasteiger partial charge is 0.240 e. The highest BCUT2D eigenvalue weighted by atomic mass is 19.1. The second-order valence-corrected chi connectivity index (χ2v) is 4.38. The molecule has 0 aromatic heterocycles. The number of hydrogen-bond donors (Lipinski definition) is 1. The summed E-state index contributed by atoms with van der Waals surface area (Å²) in [5.41, 5.74) is 5.79. The predicted molar refractivity (Wildman–Crippen MR) is 58.1 cm³/mol. The van der Waals surface area contributed by atoms with Gasteiger partial charge in [0.1, 0.15) is 12.2 Å². The van der Waals surface area contributed by atoms with E-state index < -0.39 is 18.3 Å². The van der Waals surface area contributed by atoms with Crippen molar-refractivity contribution in [1.29, 1.82) is 5.26 Å². The number of carbonyl (C=O) groups excluding carboxylic acids is 1. The highest BCUT2D eigenvalue weighted by Gasteiger charge is 2.38. The molecule has 0 aliphatic carbocycles. The Hall–Kier alpha value is -1.15. The van der Waals surface area contributed by atoms with Crippen LogP contribution in [0.15, 0.2) is 0 Å². The molecule has 0 unspecified atom stereocenters. The third-order valence-corrected chi connectivity index (χ3v) is 3.22. The molecule has 1 amide bonds. The highest BCUT2D eigenvalue weighted by Crippen LogP contribution is 2.22. The maximum atomic E-state index is 13.1. The molecule has 0 aromatic rings. The first-order valence-corrected chi connectivity index (χ1v) is 5.61. The van der Waals surface area contributed by atoms with E-state index in [2.05, 4.69) is 0 Å². The maximum Gasteiger partial charge on any atom is 0.240 e. The van der Waals surface area contributed by atoms with Crippen LogP contribution in [0.25, 0.3) is 0 Å².